The molecule has 1 aliphatic rings. The van der Waals surface area contributed by atoms with Gasteiger partial charge in [-0.25, -0.2) is 9.55 Å². The number of benzene rings is 3. The zero-order valence-corrected chi connectivity index (χ0v) is 22.0. The Hall–Kier alpha value is -3.00. The molecule has 2 N–H and O–H groups in total. The smallest absolute Gasteiger partial charge is 0.317 e. The van der Waals surface area contributed by atoms with Crippen molar-refractivity contribution in [1.29, 1.82) is 0 Å². The molecule has 1 amide bonds. The lowest BCUT2D eigenvalue weighted by atomic mass is 10.2. The van der Waals surface area contributed by atoms with Crippen LogP contribution in [0.25, 0.3) is 11.0 Å². The molecule has 0 radical (unpaired) electrons. The van der Waals surface area contributed by atoms with Crippen molar-refractivity contribution in [2.75, 3.05) is 48.7 Å². The molecule has 0 atom stereocenters. The van der Waals surface area contributed by atoms with Crippen molar-refractivity contribution in [1.82, 2.24) is 9.88 Å². The number of fused-ring (bicyclic) bond motifs is 1. The summed E-state index contributed by atoms with van der Waals surface area (Å²) in [4.78, 5) is 21.3. The van der Waals surface area contributed by atoms with Gasteiger partial charge < -0.3 is 15.1 Å². The number of H-pyrrole nitrogens is 1. The Morgan fingerprint density at radius 1 is 1.00 bits per heavy atom. The largest absolute Gasteiger partial charge is 0.366 e. The first-order valence-electron chi connectivity index (χ1n) is 12.4. The van der Waals surface area contributed by atoms with E-state index in [9.17, 15) is 4.79 Å². The summed E-state index contributed by atoms with van der Waals surface area (Å²) in [7, 11) is 0. The van der Waals surface area contributed by atoms with E-state index in [0.29, 0.717) is 5.02 Å². The van der Waals surface area contributed by atoms with E-state index in [1.807, 2.05) is 36.4 Å². The maximum Gasteiger partial charge on any atom is 0.317 e. The minimum atomic E-state index is -0.0550. The number of halogens is 1. The number of amides is 1. The molecule has 8 heteroatoms. The van der Waals surface area contributed by atoms with Crippen LogP contribution in [0.3, 0.4) is 0 Å². The number of anilines is 2. The van der Waals surface area contributed by atoms with Gasteiger partial charge in [-0.15, -0.1) is 0 Å². The number of likely N-dealkylation sites (N-methyl/N-ethyl adjacent to an activating group) is 1. The van der Waals surface area contributed by atoms with E-state index < -0.39 is 0 Å². The van der Waals surface area contributed by atoms with Gasteiger partial charge in [-0.05, 0) is 48.1 Å². The number of carbonyl (C=O) groups excluding carboxylic acids is 1. The van der Waals surface area contributed by atoms with Gasteiger partial charge in [-0.1, -0.05) is 67.1 Å². The van der Waals surface area contributed by atoms with E-state index in [4.69, 9.17) is 11.6 Å². The van der Waals surface area contributed by atoms with Crippen LogP contribution in [0.5, 0.6) is 0 Å². The molecule has 0 aliphatic carbocycles. The molecule has 0 saturated carbocycles. The number of thioether (sulfide) groups is 1. The standard InChI is InChI=1S/C28H30ClN5OS/c1-2-32-15-17-33(18-16-32)27-22(29)11-8-13-24(27)30-26(35)20-36-28-31-23-12-6-7-14-25(23)34(28)19-21-9-4-3-5-10-21/h3-14H,2,15-20H2,1H3,(H,30,35)/p+1. The number of aromatic nitrogens is 2. The van der Waals surface area contributed by atoms with E-state index in [2.05, 4.69) is 68.0 Å². The lowest BCUT2D eigenvalue weighted by Gasteiger charge is -2.36. The molecule has 1 aliphatic heterocycles. The minimum absolute atomic E-state index is 0.0550. The lowest BCUT2D eigenvalue weighted by molar-refractivity contribution is -0.700. The molecule has 186 valence electrons. The van der Waals surface area contributed by atoms with Crippen LogP contribution in [0.15, 0.2) is 78.0 Å². The van der Waals surface area contributed by atoms with Crippen molar-refractivity contribution in [2.24, 2.45) is 0 Å². The summed E-state index contributed by atoms with van der Waals surface area (Å²) >= 11 is 8.12. The number of piperazine rings is 1. The van der Waals surface area contributed by atoms with Gasteiger partial charge in [0.2, 0.25) is 5.91 Å². The molecular weight excluding hydrogens is 490 g/mol. The highest BCUT2D eigenvalue weighted by molar-refractivity contribution is 7.99. The number of nitrogens with one attached hydrogen (secondary N) is 2. The monoisotopic (exact) mass is 520 g/mol. The van der Waals surface area contributed by atoms with Crippen LogP contribution in [-0.2, 0) is 11.3 Å². The Kier molecular flexibility index (Phi) is 7.80. The normalized spacial score (nSPS) is 14.3. The Morgan fingerprint density at radius 3 is 2.53 bits per heavy atom. The quantitative estimate of drug-likeness (QED) is 0.253. The summed E-state index contributed by atoms with van der Waals surface area (Å²) in [6, 6.07) is 24.3. The van der Waals surface area contributed by atoms with Gasteiger partial charge >= 0.3 is 5.16 Å². The Labute approximate surface area is 221 Å². The molecule has 2 heterocycles. The lowest BCUT2D eigenvalue weighted by Crippen LogP contribution is -2.46. The molecule has 4 aromatic rings. The fourth-order valence-corrected chi connectivity index (χ4v) is 5.82. The molecule has 0 spiro atoms. The van der Waals surface area contributed by atoms with Crippen LogP contribution in [0.2, 0.25) is 5.02 Å². The van der Waals surface area contributed by atoms with Gasteiger partial charge in [0, 0.05) is 26.2 Å². The number of aromatic amines is 1. The zero-order valence-electron chi connectivity index (χ0n) is 20.4. The SMILES string of the molecule is CCN1CCN(c2c(Cl)cccc2NC(=O)CSc2[nH]c3ccccc3[n+]2Cc2ccccc2)CC1. The maximum absolute atomic E-state index is 13.1. The van der Waals surface area contributed by atoms with Crippen molar-refractivity contribution in [3.05, 3.63) is 83.4 Å². The molecule has 36 heavy (non-hydrogen) atoms. The van der Waals surface area contributed by atoms with Crippen molar-refractivity contribution in [3.63, 3.8) is 0 Å². The number of imidazole rings is 1. The molecule has 0 bridgehead atoms. The van der Waals surface area contributed by atoms with Crippen LogP contribution < -0.4 is 14.8 Å². The molecule has 3 aromatic carbocycles. The van der Waals surface area contributed by atoms with Gasteiger partial charge in [0.05, 0.1) is 22.2 Å². The van der Waals surface area contributed by atoms with Crippen molar-refractivity contribution in [2.45, 2.75) is 18.6 Å². The van der Waals surface area contributed by atoms with Crippen molar-refractivity contribution in [3.8, 4) is 0 Å². The second-order valence-corrected chi connectivity index (χ2v) is 10.3. The number of nitrogens with zero attached hydrogens (tertiary/aromatic N) is 3. The molecule has 1 saturated heterocycles. The Balaban J connectivity index is 1.31. The summed E-state index contributed by atoms with van der Waals surface area (Å²) in [5, 5.41) is 4.75. The van der Waals surface area contributed by atoms with Crippen molar-refractivity contribution >= 4 is 51.7 Å². The molecule has 1 fully saturated rings. The summed E-state index contributed by atoms with van der Waals surface area (Å²) in [5.41, 5.74) is 5.07. The van der Waals surface area contributed by atoms with Gasteiger partial charge in [-0.2, -0.15) is 0 Å². The first-order valence-corrected chi connectivity index (χ1v) is 13.7. The highest BCUT2D eigenvalue weighted by Crippen LogP contribution is 2.35. The number of carbonyl (C=O) groups is 1. The third kappa shape index (κ3) is 5.53. The second-order valence-electron chi connectivity index (χ2n) is 8.91. The molecular formula is C28H31ClN5OS+. The van der Waals surface area contributed by atoms with Crippen molar-refractivity contribution < 1.29 is 9.36 Å². The third-order valence-corrected chi connectivity index (χ3v) is 7.91. The average molecular weight is 521 g/mol. The number of hydrogen-bond acceptors (Lipinski definition) is 4. The summed E-state index contributed by atoms with van der Waals surface area (Å²) in [5.74, 6) is 0.234. The number of para-hydroxylation sites is 3. The number of hydrogen-bond donors (Lipinski definition) is 2. The Morgan fingerprint density at radius 2 is 1.75 bits per heavy atom. The van der Waals surface area contributed by atoms with Crippen LogP contribution >= 0.6 is 23.4 Å². The predicted octanol–water partition coefficient (Wildman–Crippen LogP) is 5.03. The molecule has 6 nitrogen and oxygen atoms in total. The summed E-state index contributed by atoms with van der Waals surface area (Å²) in [6.45, 7) is 7.74. The number of rotatable bonds is 8. The first kappa shape index (κ1) is 24.7. The average Bonchev–Trinajstić information content (AvgIpc) is 3.25. The molecule has 0 unspecified atom stereocenters. The molecule has 5 rings (SSSR count). The van der Waals surface area contributed by atoms with Gasteiger partial charge in [0.25, 0.3) is 0 Å². The highest BCUT2D eigenvalue weighted by atomic mass is 35.5. The Bertz CT molecular complexity index is 1330. The first-order chi connectivity index (χ1) is 17.6. The van der Waals surface area contributed by atoms with E-state index in [0.717, 1.165) is 66.8 Å². The van der Waals surface area contributed by atoms with Crippen LogP contribution in [0, 0.1) is 0 Å². The van der Waals surface area contributed by atoms with E-state index in [1.165, 1.54) is 17.3 Å². The second kappa shape index (κ2) is 11.4. The van der Waals surface area contributed by atoms with E-state index in [1.54, 1.807) is 0 Å². The fourth-order valence-electron chi connectivity index (χ4n) is 4.69. The van der Waals surface area contributed by atoms with Crippen LogP contribution in [0.1, 0.15) is 12.5 Å². The topological polar surface area (TPSA) is 55.2 Å². The van der Waals surface area contributed by atoms with Crippen LogP contribution in [-0.4, -0.2) is 54.3 Å². The zero-order chi connectivity index (χ0) is 24.9. The van der Waals surface area contributed by atoms with Gasteiger partial charge in [0.15, 0.2) is 11.0 Å². The fraction of sp³-hybridized carbons (Fsp3) is 0.286. The van der Waals surface area contributed by atoms with Crippen LogP contribution in [0.4, 0.5) is 11.4 Å². The highest BCUT2D eigenvalue weighted by Gasteiger charge is 2.23. The molecule has 1 aromatic heterocycles. The third-order valence-electron chi connectivity index (χ3n) is 6.60. The maximum atomic E-state index is 13.1. The minimum Gasteiger partial charge on any atom is -0.366 e. The van der Waals surface area contributed by atoms with E-state index >= 15 is 0 Å². The summed E-state index contributed by atoms with van der Waals surface area (Å²) < 4.78 is 2.24. The predicted molar refractivity (Wildman–Crippen MR) is 149 cm³/mol. The van der Waals surface area contributed by atoms with Gasteiger partial charge in [-0.3, -0.25) is 4.79 Å². The van der Waals surface area contributed by atoms with E-state index in [-0.39, 0.29) is 11.7 Å². The summed E-state index contributed by atoms with van der Waals surface area (Å²) in [6.07, 6.45) is 0. The van der Waals surface area contributed by atoms with Gasteiger partial charge in [0.1, 0.15) is 6.54 Å².